The van der Waals surface area contributed by atoms with E-state index < -0.39 is 5.79 Å². The van der Waals surface area contributed by atoms with E-state index in [9.17, 15) is 0 Å². The Morgan fingerprint density at radius 2 is 0.662 bits per heavy atom. The van der Waals surface area contributed by atoms with Crippen LogP contribution in [0.1, 0.15) is 263 Å². The van der Waals surface area contributed by atoms with Crippen LogP contribution in [0.3, 0.4) is 0 Å². The molecule has 0 N–H and O–H groups in total. The van der Waals surface area contributed by atoms with Crippen molar-refractivity contribution in [3.63, 3.8) is 0 Å². The van der Waals surface area contributed by atoms with Crippen LogP contribution < -0.4 is 0 Å². The third-order valence-electron chi connectivity index (χ3n) is 19.4. The van der Waals surface area contributed by atoms with Crippen LogP contribution in [0.4, 0.5) is 0 Å². The zero-order valence-electron chi connectivity index (χ0n) is 55.6. The zero-order chi connectivity index (χ0) is 59.5. The van der Waals surface area contributed by atoms with Crippen molar-refractivity contribution in [3.8, 4) is 0 Å². The maximum absolute atomic E-state index is 5.73. The first-order valence-electron chi connectivity index (χ1n) is 27.3. The number of aliphatic imine (C=N–C) groups is 6. The number of hydrogen-bond acceptors (Lipinski definition) is 13. The molecule has 7 heterocycles. The molecule has 0 aromatic carbocycles. The maximum atomic E-state index is 5.73. The summed E-state index contributed by atoms with van der Waals surface area (Å²) >= 11 is 1.88. The van der Waals surface area contributed by atoms with E-state index in [-0.39, 0.29) is 82.4 Å². The van der Waals surface area contributed by atoms with E-state index in [0.717, 1.165) is 23.5 Å². The van der Waals surface area contributed by atoms with Gasteiger partial charge in [-0.3, -0.25) is 15.0 Å². The SMILES string of the molecule is CC1(C)OC(C)(C)C(C)(C)O1.CC1=NC(C)(C)C(C)(C)C1(C)C.CC1=NC(C)(C)C(C)(C)N1C.CC1=NC(C)(C)C(C)(C)O1.CC1=NC(C)(C)C(C)(C)O1.CC1=NC(C)(C)C(C)(C)O1.CC1=NC(C)(C)C(C)(C)S1. The van der Waals surface area contributed by atoms with Gasteiger partial charge in [-0.15, -0.1) is 11.8 Å². The van der Waals surface area contributed by atoms with Crippen molar-refractivity contribution in [2.45, 2.75) is 340 Å². The Morgan fingerprint density at radius 3 is 0.730 bits per heavy atom. The van der Waals surface area contributed by atoms with E-state index in [1.54, 1.807) is 0 Å². The molecule has 0 aromatic rings. The number of ether oxygens (including phenoxy) is 5. The average molecular weight is 1060 g/mol. The Labute approximate surface area is 460 Å². The van der Waals surface area contributed by atoms with Crippen molar-refractivity contribution in [2.75, 3.05) is 7.05 Å². The Kier molecular flexibility index (Phi) is 20.0. The molecule has 1 fully saturated rings. The molecule has 0 saturated carbocycles. The van der Waals surface area contributed by atoms with Crippen LogP contribution >= 0.6 is 11.8 Å². The molecule has 0 amide bonds. The Morgan fingerprint density at radius 1 is 0.351 bits per heavy atom. The second kappa shape index (κ2) is 21.3. The lowest BCUT2D eigenvalue weighted by molar-refractivity contribution is -0.163. The van der Waals surface area contributed by atoms with E-state index in [1.165, 1.54) is 10.8 Å². The monoisotopic (exact) mass is 1060 g/mol. The van der Waals surface area contributed by atoms with Crippen molar-refractivity contribution in [1.82, 2.24) is 4.90 Å². The lowest BCUT2D eigenvalue weighted by Crippen LogP contribution is -2.50. The van der Waals surface area contributed by atoms with Gasteiger partial charge in [0.25, 0.3) is 0 Å². The van der Waals surface area contributed by atoms with Gasteiger partial charge in [0.1, 0.15) is 16.8 Å². The topological polar surface area (TPSA) is 124 Å². The first-order valence-corrected chi connectivity index (χ1v) is 28.1. The van der Waals surface area contributed by atoms with Crippen LogP contribution in [0.25, 0.3) is 0 Å². The van der Waals surface area contributed by atoms with E-state index >= 15 is 0 Å². The highest BCUT2D eigenvalue weighted by Gasteiger charge is 2.55. The minimum absolute atomic E-state index is 0.0475. The second-order valence-corrected chi connectivity index (χ2v) is 31.5. The maximum Gasteiger partial charge on any atom is 0.181 e. The van der Waals surface area contributed by atoms with Gasteiger partial charge < -0.3 is 28.6 Å². The molecule has 7 aliphatic heterocycles. The summed E-state index contributed by atoms with van der Waals surface area (Å²) in [6.45, 7) is 80.4. The van der Waals surface area contributed by atoms with Crippen molar-refractivity contribution in [1.29, 1.82) is 0 Å². The first-order chi connectivity index (χ1) is 32.0. The number of thioether (sulfide) groups is 1. The number of amidine groups is 1. The molecule has 13 heteroatoms. The molecule has 7 aliphatic rings. The van der Waals surface area contributed by atoms with Gasteiger partial charge in [0.15, 0.2) is 23.5 Å². The summed E-state index contributed by atoms with van der Waals surface area (Å²) in [5, 5.41) is 1.22. The predicted molar refractivity (Wildman–Crippen MR) is 324 cm³/mol. The van der Waals surface area contributed by atoms with Crippen LogP contribution in [0, 0.1) is 10.8 Å². The van der Waals surface area contributed by atoms with Gasteiger partial charge in [0, 0.05) is 43.7 Å². The summed E-state index contributed by atoms with van der Waals surface area (Å²) in [4.78, 5) is 29.2. The molecular formula is C61H117N7O5S. The Balaban J connectivity index is 0.000000432. The fraction of sp³-hybridized carbons (Fsp3) is 0.902. The summed E-state index contributed by atoms with van der Waals surface area (Å²) in [5.41, 5.74) is 1.13. The normalized spacial score (nSPS) is 28.7. The standard InChI is InChI=1S/C11H21N.C9H18N2.C9H18O2.3C8H15NO.C8H15NS/c1-8-9(2,3)10(4,5)11(6,7)12-8;1-7-10-8(2,3)9(4,5)11(7)6;1-7(2)8(3,4)11-9(5,6)10-7;4*1-6-9-7(2,3)8(4,5)10-6/h1-7H3;2*1-6H3;4*1-5H3. The molecule has 0 bridgehead atoms. The van der Waals surface area contributed by atoms with Gasteiger partial charge in [0.05, 0.1) is 60.9 Å². The lowest BCUT2D eigenvalue weighted by Gasteiger charge is -2.43. The molecule has 0 atom stereocenters. The molecule has 432 valence electrons. The van der Waals surface area contributed by atoms with Crippen molar-refractivity contribution in [2.24, 2.45) is 40.8 Å². The van der Waals surface area contributed by atoms with E-state index in [1.807, 2.05) is 46.4 Å². The van der Waals surface area contributed by atoms with Gasteiger partial charge in [-0.1, -0.05) is 27.7 Å². The van der Waals surface area contributed by atoms with E-state index in [4.69, 9.17) is 28.7 Å². The van der Waals surface area contributed by atoms with Gasteiger partial charge in [-0.25, -0.2) is 15.0 Å². The smallest absolute Gasteiger partial charge is 0.181 e. The Hall–Kier alpha value is -2.51. The van der Waals surface area contributed by atoms with Gasteiger partial charge in [-0.2, -0.15) is 0 Å². The molecule has 0 aromatic heterocycles. The highest BCUT2D eigenvalue weighted by Crippen LogP contribution is 2.54. The molecule has 0 aliphatic carbocycles. The molecule has 74 heavy (non-hydrogen) atoms. The van der Waals surface area contributed by atoms with Crippen LogP contribution in [0.15, 0.2) is 30.0 Å². The highest BCUT2D eigenvalue weighted by atomic mass is 32.2. The minimum Gasteiger partial charge on any atom is -0.473 e. The quantitative estimate of drug-likeness (QED) is 0.237. The van der Waals surface area contributed by atoms with Gasteiger partial charge in [-0.05, 0) is 220 Å². The molecule has 1 saturated heterocycles. The fourth-order valence-corrected chi connectivity index (χ4v) is 10.3. The predicted octanol–water partition coefficient (Wildman–Crippen LogP) is 16.2. The molecule has 7 rings (SSSR count). The average Bonchev–Trinajstić information content (AvgIpc) is 3.73. The number of rotatable bonds is 0. The lowest BCUT2D eigenvalue weighted by atomic mass is 9.60. The Bertz CT molecular complexity index is 2000. The first kappa shape index (κ1) is 69.5. The summed E-state index contributed by atoms with van der Waals surface area (Å²) in [7, 11) is 2.10. The fourth-order valence-electron chi connectivity index (χ4n) is 9.02. The summed E-state index contributed by atoms with van der Waals surface area (Å²) in [6, 6.07) is 0. The number of likely N-dealkylation sites (N-methyl/N-ethyl adjacent to an activating group) is 1. The molecule has 12 nitrogen and oxygen atoms in total. The van der Waals surface area contributed by atoms with Crippen molar-refractivity contribution >= 4 is 46.0 Å². The molecule has 0 unspecified atom stereocenters. The molecular weight excluding hydrogens is 943 g/mol. The molecule has 0 radical (unpaired) electrons. The molecule has 0 spiro atoms. The third kappa shape index (κ3) is 15.0. The highest BCUT2D eigenvalue weighted by molar-refractivity contribution is 8.15. The van der Waals surface area contributed by atoms with Gasteiger partial charge >= 0.3 is 0 Å². The summed E-state index contributed by atoms with van der Waals surface area (Å²) in [5.74, 6) is 3.10. The zero-order valence-corrected chi connectivity index (χ0v) is 56.4. The van der Waals surface area contributed by atoms with Crippen molar-refractivity contribution in [3.05, 3.63) is 0 Å². The second-order valence-electron chi connectivity index (χ2n) is 29.7. The van der Waals surface area contributed by atoms with Gasteiger partial charge in [0.2, 0.25) is 0 Å². The van der Waals surface area contributed by atoms with Crippen LogP contribution in [-0.4, -0.2) is 124 Å². The summed E-state index contributed by atoms with van der Waals surface area (Å²) in [6.07, 6.45) is 0. The largest absolute Gasteiger partial charge is 0.473 e. The minimum atomic E-state index is -0.438. The van der Waals surface area contributed by atoms with Crippen LogP contribution in [0.2, 0.25) is 0 Å². The number of hydrogen-bond donors (Lipinski definition) is 0. The summed E-state index contributed by atoms with van der Waals surface area (Å²) < 4.78 is 28.3. The number of nitrogens with zero attached hydrogens (tertiary/aromatic N) is 7. The van der Waals surface area contributed by atoms with Crippen molar-refractivity contribution < 1.29 is 23.7 Å². The van der Waals surface area contributed by atoms with Crippen LogP contribution in [-0.2, 0) is 23.7 Å². The van der Waals surface area contributed by atoms with E-state index in [2.05, 4.69) is 265 Å². The van der Waals surface area contributed by atoms with E-state index in [0.29, 0.717) is 0 Å². The third-order valence-corrected chi connectivity index (χ3v) is 20.8. The van der Waals surface area contributed by atoms with Crippen LogP contribution in [0.5, 0.6) is 0 Å².